The number of nitrogen functional groups attached to an aromatic ring is 1. The van der Waals surface area contributed by atoms with E-state index in [1.165, 1.54) is 29.1 Å². The lowest BCUT2D eigenvalue weighted by Gasteiger charge is -2.13. The van der Waals surface area contributed by atoms with E-state index in [4.69, 9.17) is 31.7 Å². The lowest BCUT2D eigenvalue weighted by atomic mass is 10.1. The van der Waals surface area contributed by atoms with Crippen LogP contribution >= 0.6 is 0 Å². The van der Waals surface area contributed by atoms with Gasteiger partial charge in [-0.2, -0.15) is 10.2 Å². The van der Waals surface area contributed by atoms with E-state index in [1.807, 2.05) is 26.0 Å². The van der Waals surface area contributed by atoms with Gasteiger partial charge in [-0.25, -0.2) is 15.0 Å². The number of rotatable bonds is 17. The predicted molar refractivity (Wildman–Crippen MR) is 211 cm³/mol. The monoisotopic (exact) mass is 780 g/mol. The van der Waals surface area contributed by atoms with Crippen molar-refractivity contribution in [3.8, 4) is 5.75 Å². The number of allylic oxidation sites excluding steroid dienone is 2. The summed E-state index contributed by atoms with van der Waals surface area (Å²) in [6, 6.07) is 6.23. The quantitative estimate of drug-likeness (QED) is 0.0660. The second-order valence-electron chi connectivity index (χ2n) is 13.0. The van der Waals surface area contributed by atoms with Crippen LogP contribution in [0.4, 0.5) is 17.6 Å². The van der Waals surface area contributed by atoms with Gasteiger partial charge in [-0.3, -0.25) is 43.7 Å². The van der Waals surface area contributed by atoms with E-state index < -0.39 is 23.6 Å². The molecule has 0 fully saturated rings. The number of primary amides is 2. The number of benzene rings is 1. The van der Waals surface area contributed by atoms with Crippen molar-refractivity contribution in [3.63, 3.8) is 0 Å². The molecule has 20 heteroatoms. The molecule has 0 radical (unpaired) electrons. The van der Waals surface area contributed by atoms with E-state index in [0.717, 1.165) is 0 Å². The van der Waals surface area contributed by atoms with E-state index >= 15 is 0 Å². The highest BCUT2D eigenvalue weighted by atomic mass is 16.5. The van der Waals surface area contributed by atoms with Crippen molar-refractivity contribution in [3.05, 3.63) is 76.5 Å². The van der Waals surface area contributed by atoms with Gasteiger partial charge in [0, 0.05) is 58.1 Å². The molecule has 298 valence electrons. The fraction of sp³-hybridized carbons (Fsp3) is 0.324. The number of nitrogens with two attached hydrogens (primary N) is 3. The maximum Gasteiger partial charge on any atom is 0.278 e. The van der Waals surface area contributed by atoms with Crippen molar-refractivity contribution < 1.29 is 28.7 Å². The Labute approximate surface area is 326 Å². The van der Waals surface area contributed by atoms with Crippen LogP contribution in [0.1, 0.15) is 73.3 Å². The summed E-state index contributed by atoms with van der Waals surface area (Å²) in [4.78, 5) is 65.3. The molecule has 57 heavy (non-hydrogen) atoms. The zero-order valence-electron chi connectivity index (χ0n) is 32.2. The number of hydrogen-bond acceptors (Lipinski definition) is 12. The van der Waals surface area contributed by atoms with Crippen LogP contribution in [0.2, 0.25) is 0 Å². The van der Waals surface area contributed by atoms with Crippen LogP contribution in [-0.4, -0.2) is 87.6 Å². The average molecular weight is 781 g/mol. The van der Waals surface area contributed by atoms with Gasteiger partial charge in [0.1, 0.15) is 28.2 Å². The first-order valence-electron chi connectivity index (χ1n) is 18.1. The van der Waals surface area contributed by atoms with E-state index in [-0.39, 0.29) is 54.1 Å². The molecule has 0 saturated carbocycles. The minimum absolute atomic E-state index is 0.133. The minimum atomic E-state index is -0.685. The Morgan fingerprint density at radius 3 is 2.14 bits per heavy atom. The first-order chi connectivity index (χ1) is 27.3. The van der Waals surface area contributed by atoms with Crippen LogP contribution in [0.5, 0.6) is 5.75 Å². The summed E-state index contributed by atoms with van der Waals surface area (Å²) in [6.07, 6.45) is 5.52. The van der Waals surface area contributed by atoms with Crippen LogP contribution in [-0.2, 0) is 30.9 Å². The van der Waals surface area contributed by atoms with Gasteiger partial charge in [0.05, 0.1) is 34.8 Å². The number of nitrogens with one attached hydrogen (secondary N) is 2. The topological polar surface area (TPSA) is 273 Å². The molecule has 0 atom stereocenters. The number of amides is 4. The van der Waals surface area contributed by atoms with Crippen molar-refractivity contribution >= 4 is 63.4 Å². The van der Waals surface area contributed by atoms with Gasteiger partial charge in [0.25, 0.3) is 11.8 Å². The van der Waals surface area contributed by atoms with E-state index in [0.29, 0.717) is 71.1 Å². The molecule has 6 aromatic rings. The number of nitrogens with zero attached hydrogens (tertiary/aromatic N) is 9. The first kappa shape index (κ1) is 39.6. The number of carbonyl (C=O) groups excluding carboxylic acids is 4. The zero-order chi connectivity index (χ0) is 41.0. The molecular weight excluding hydrogens is 736 g/mol. The maximum atomic E-state index is 13.8. The fourth-order valence-electron chi connectivity index (χ4n) is 6.27. The Balaban J connectivity index is 1.38. The molecule has 0 spiro atoms. The largest absolute Gasteiger partial charge is 0.491 e. The van der Waals surface area contributed by atoms with E-state index in [2.05, 4.69) is 30.8 Å². The number of hydrogen-bond donors (Lipinski definition) is 5. The van der Waals surface area contributed by atoms with Crippen molar-refractivity contribution in [2.45, 2.75) is 60.3 Å². The van der Waals surface area contributed by atoms with Gasteiger partial charge in [0.15, 0.2) is 5.65 Å². The number of carbonyl (C=O) groups is 4. The van der Waals surface area contributed by atoms with E-state index in [9.17, 15) is 19.2 Å². The fourth-order valence-corrected chi connectivity index (χ4v) is 6.27. The third-order valence-corrected chi connectivity index (χ3v) is 9.03. The van der Waals surface area contributed by atoms with Gasteiger partial charge in [-0.05, 0) is 52.0 Å². The standard InChI is InChI=1S/C37H44N14O6/c1-6-50-26(15-20(3)46-50)34(54)44-37-43-25-17-23(32(40)53)19-41-33(25)49(37)12-9-8-11-48-29-24(16-22(31(39)52)18-27(29)57-14-10-13-56-5)42-36(48)45-35(55)30-28(38)21(4)47-51(30)7-2/h8-9,15-19H,6-7,10-14,38H2,1-5H3,(H2,39,52)(H2,40,53)(H,42,45,55)(H,43,44,54)/b9-8+. The highest BCUT2D eigenvalue weighted by molar-refractivity contribution is 6.07. The molecule has 0 aliphatic carbocycles. The average Bonchev–Trinajstić information content (AvgIpc) is 3.92. The van der Waals surface area contributed by atoms with Crippen LogP contribution < -0.4 is 32.6 Å². The number of ether oxygens (including phenoxy) is 2. The Morgan fingerprint density at radius 1 is 0.807 bits per heavy atom. The van der Waals surface area contributed by atoms with Crippen LogP contribution in [0.3, 0.4) is 0 Å². The molecule has 0 saturated heterocycles. The molecule has 0 aliphatic rings. The molecule has 6 rings (SSSR count). The highest BCUT2D eigenvalue weighted by Crippen LogP contribution is 2.32. The third kappa shape index (κ3) is 8.15. The molecular formula is C37H44N14O6. The Hall–Kier alpha value is -7.09. The predicted octanol–water partition coefficient (Wildman–Crippen LogP) is 2.79. The van der Waals surface area contributed by atoms with Crippen molar-refractivity contribution in [1.82, 2.24) is 43.6 Å². The third-order valence-electron chi connectivity index (χ3n) is 9.03. The number of methoxy groups -OCH3 is 1. The van der Waals surface area contributed by atoms with E-state index in [1.54, 1.807) is 40.8 Å². The summed E-state index contributed by atoms with van der Waals surface area (Å²) in [7, 11) is 1.59. The summed E-state index contributed by atoms with van der Waals surface area (Å²) >= 11 is 0. The normalized spacial score (nSPS) is 11.5. The Morgan fingerprint density at radius 2 is 1.46 bits per heavy atom. The minimum Gasteiger partial charge on any atom is -0.491 e. The number of anilines is 3. The number of fused-ring (bicyclic) bond motifs is 2. The molecule has 0 bridgehead atoms. The second-order valence-corrected chi connectivity index (χ2v) is 13.0. The lowest BCUT2D eigenvalue weighted by Crippen LogP contribution is -2.21. The molecule has 20 nitrogen and oxygen atoms in total. The van der Waals surface area contributed by atoms with Gasteiger partial charge in [0.2, 0.25) is 23.7 Å². The van der Waals surface area contributed by atoms with Gasteiger partial charge < -0.3 is 31.2 Å². The summed E-state index contributed by atoms with van der Waals surface area (Å²) in [5.74, 6) is -1.73. The Bertz CT molecular complexity index is 2540. The van der Waals surface area contributed by atoms with Crippen molar-refractivity contribution in [1.29, 1.82) is 0 Å². The van der Waals surface area contributed by atoms with Crippen LogP contribution in [0, 0.1) is 13.8 Å². The number of aryl methyl sites for hydroxylation is 4. The van der Waals surface area contributed by atoms with Gasteiger partial charge in [-0.15, -0.1) is 0 Å². The molecule has 0 aliphatic heterocycles. The smallest absolute Gasteiger partial charge is 0.278 e. The lowest BCUT2D eigenvalue weighted by molar-refractivity contribution is 0.0991. The molecule has 8 N–H and O–H groups in total. The molecule has 1 aromatic carbocycles. The van der Waals surface area contributed by atoms with Gasteiger partial charge in [-0.1, -0.05) is 12.2 Å². The molecule has 5 heterocycles. The zero-order valence-corrected chi connectivity index (χ0v) is 32.2. The number of aromatic nitrogens is 9. The summed E-state index contributed by atoms with van der Waals surface area (Å²) in [5.41, 5.74) is 21.2. The first-order valence-corrected chi connectivity index (χ1v) is 18.1. The number of pyridine rings is 1. The highest BCUT2D eigenvalue weighted by Gasteiger charge is 2.24. The summed E-state index contributed by atoms with van der Waals surface area (Å²) < 4.78 is 17.8. The maximum absolute atomic E-state index is 13.8. The van der Waals surface area contributed by atoms with Crippen molar-refractivity contribution in [2.24, 2.45) is 11.5 Å². The van der Waals surface area contributed by atoms with Gasteiger partial charge >= 0.3 is 0 Å². The summed E-state index contributed by atoms with van der Waals surface area (Å²) in [5, 5.41) is 14.5. The Kier molecular flexibility index (Phi) is 11.6. The van der Waals surface area contributed by atoms with Crippen molar-refractivity contribution in [2.75, 3.05) is 36.7 Å². The van der Waals surface area contributed by atoms with Crippen LogP contribution in [0.15, 0.2) is 42.6 Å². The SMILES string of the molecule is CCn1nc(C)cc1C(=O)Nc1nc2cc(C(N)=O)cnc2n1C/C=C/Cn1c(NC(=O)c2c(N)c(C)nn2CC)nc2cc(C(N)=O)cc(OCCCOC)c21. The molecule has 4 amide bonds. The summed E-state index contributed by atoms with van der Waals surface area (Å²) in [6.45, 7) is 9.10. The number of imidazole rings is 2. The molecule has 5 aromatic heterocycles. The molecule has 0 unspecified atom stereocenters. The second kappa shape index (κ2) is 16.7. The van der Waals surface area contributed by atoms with Crippen LogP contribution in [0.25, 0.3) is 22.2 Å².